The van der Waals surface area contributed by atoms with Crippen LogP contribution in [0.5, 0.6) is 0 Å². The zero-order valence-electron chi connectivity index (χ0n) is 10.8. The van der Waals surface area contributed by atoms with Crippen LogP contribution in [0.1, 0.15) is 20.3 Å². The van der Waals surface area contributed by atoms with Crippen LogP contribution < -0.4 is 5.32 Å². The summed E-state index contributed by atoms with van der Waals surface area (Å²) in [7, 11) is 1.75. The summed E-state index contributed by atoms with van der Waals surface area (Å²) in [6.07, 6.45) is 1.64. The van der Waals surface area contributed by atoms with E-state index in [1.807, 2.05) is 13.8 Å². The molecule has 1 rings (SSSR count). The average Bonchev–Trinajstić information content (AvgIpc) is 2.63. The molecule has 0 aliphatic heterocycles. The van der Waals surface area contributed by atoms with Gasteiger partial charge in [0.05, 0.1) is 6.42 Å². The Kier molecular flexibility index (Phi) is 4.70. The molecule has 0 radical (unpaired) electrons. The summed E-state index contributed by atoms with van der Waals surface area (Å²) in [4.78, 5) is 23.9. The number of aryl methyl sites for hydroxylation is 1. The third-order valence-corrected chi connectivity index (χ3v) is 2.40. The van der Waals surface area contributed by atoms with Crippen molar-refractivity contribution in [2.45, 2.75) is 26.3 Å². The number of anilines is 1. The van der Waals surface area contributed by atoms with E-state index < -0.39 is 5.97 Å². The Morgan fingerprint density at radius 3 is 2.67 bits per heavy atom. The van der Waals surface area contributed by atoms with E-state index >= 15 is 0 Å². The first kappa shape index (κ1) is 14.0. The summed E-state index contributed by atoms with van der Waals surface area (Å²) in [5, 5.41) is 15.3. The third-order valence-electron chi connectivity index (χ3n) is 2.40. The van der Waals surface area contributed by atoms with Crippen molar-refractivity contribution in [3.63, 3.8) is 0 Å². The summed E-state index contributed by atoms with van der Waals surface area (Å²) in [5.74, 6) is -0.477. The number of rotatable bonds is 5. The monoisotopic (exact) mass is 254 g/mol. The molecule has 0 spiro atoms. The number of aromatic nitrogens is 2. The normalized spacial score (nSPS) is 10.4. The van der Waals surface area contributed by atoms with Crippen LogP contribution in [0.2, 0.25) is 0 Å². The molecule has 0 aromatic carbocycles. The zero-order valence-corrected chi connectivity index (χ0v) is 10.8. The Bertz CT molecular complexity index is 428. The summed E-state index contributed by atoms with van der Waals surface area (Å²) in [5.41, 5.74) is 0. The second kappa shape index (κ2) is 6.04. The highest BCUT2D eigenvalue weighted by molar-refractivity contribution is 5.88. The van der Waals surface area contributed by atoms with E-state index in [4.69, 9.17) is 5.11 Å². The lowest BCUT2D eigenvalue weighted by molar-refractivity contribution is -0.137. The molecule has 0 aliphatic rings. The molecule has 2 N–H and O–H groups in total. The summed E-state index contributed by atoms with van der Waals surface area (Å²) < 4.78 is 1.58. The molecule has 7 nitrogen and oxygen atoms in total. The molecule has 100 valence electrons. The lowest BCUT2D eigenvalue weighted by Crippen LogP contribution is -2.41. The van der Waals surface area contributed by atoms with Crippen molar-refractivity contribution in [1.82, 2.24) is 14.7 Å². The molecule has 0 saturated heterocycles. The van der Waals surface area contributed by atoms with E-state index in [1.54, 1.807) is 24.0 Å². The first-order valence-electron chi connectivity index (χ1n) is 5.69. The molecule has 0 atom stereocenters. The van der Waals surface area contributed by atoms with Gasteiger partial charge in [-0.1, -0.05) is 0 Å². The van der Waals surface area contributed by atoms with Crippen molar-refractivity contribution in [2.24, 2.45) is 7.05 Å². The van der Waals surface area contributed by atoms with Crippen LogP contribution in [0.15, 0.2) is 12.3 Å². The predicted molar refractivity (Wildman–Crippen MR) is 66.3 cm³/mol. The second-order valence-electron chi connectivity index (χ2n) is 4.24. The fourth-order valence-corrected chi connectivity index (χ4v) is 1.47. The van der Waals surface area contributed by atoms with Gasteiger partial charge in [-0.05, 0) is 13.8 Å². The lowest BCUT2D eigenvalue weighted by Gasteiger charge is -2.25. The molecule has 1 heterocycles. The number of carbonyl (C=O) groups is 2. The van der Waals surface area contributed by atoms with Gasteiger partial charge in [0.2, 0.25) is 0 Å². The second-order valence-corrected chi connectivity index (χ2v) is 4.24. The molecule has 2 amide bonds. The first-order valence-corrected chi connectivity index (χ1v) is 5.69. The van der Waals surface area contributed by atoms with Crippen LogP contribution in [-0.4, -0.2) is 44.4 Å². The van der Waals surface area contributed by atoms with Gasteiger partial charge in [-0.2, -0.15) is 5.10 Å². The third kappa shape index (κ3) is 4.08. The van der Waals surface area contributed by atoms with Crippen LogP contribution in [-0.2, 0) is 11.8 Å². The molecular weight excluding hydrogens is 236 g/mol. The van der Waals surface area contributed by atoms with E-state index in [1.165, 1.54) is 4.90 Å². The maximum Gasteiger partial charge on any atom is 0.323 e. The fourth-order valence-electron chi connectivity index (χ4n) is 1.47. The molecule has 0 saturated carbocycles. The molecule has 7 heteroatoms. The average molecular weight is 254 g/mol. The number of nitrogens with one attached hydrogen (secondary N) is 1. The highest BCUT2D eigenvalue weighted by Crippen LogP contribution is 2.06. The van der Waals surface area contributed by atoms with Crippen LogP contribution in [0, 0.1) is 0 Å². The van der Waals surface area contributed by atoms with Gasteiger partial charge in [0.1, 0.15) is 0 Å². The Hall–Kier alpha value is -2.05. The molecule has 0 bridgehead atoms. The number of carboxylic acid groups (broad SMARTS) is 1. The minimum absolute atomic E-state index is 0.0756. The quantitative estimate of drug-likeness (QED) is 0.824. The molecule has 1 aromatic rings. The number of urea groups is 1. The van der Waals surface area contributed by atoms with Crippen molar-refractivity contribution < 1.29 is 14.7 Å². The molecule has 0 fully saturated rings. The van der Waals surface area contributed by atoms with Gasteiger partial charge >= 0.3 is 12.0 Å². The van der Waals surface area contributed by atoms with Crippen LogP contribution >= 0.6 is 0 Å². The van der Waals surface area contributed by atoms with E-state index in [2.05, 4.69) is 10.4 Å². The number of amides is 2. The van der Waals surface area contributed by atoms with Crippen molar-refractivity contribution in [3.8, 4) is 0 Å². The van der Waals surface area contributed by atoms with Gasteiger partial charge in [-0.3, -0.25) is 14.8 Å². The Morgan fingerprint density at radius 2 is 2.22 bits per heavy atom. The highest BCUT2D eigenvalue weighted by atomic mass is 16.4. The van der Waals surface area contributed by atoms with Gasteiger partial charge in [-0.25, -0.2) is 4.79 Å². The van der Waals surface area contributed by atoms with Gasteiger partial charge in [0, 0.05) is 31.9 Å². The highest BCUT2D eigenvalue weighted by Gasteiger charge is 2.18. The number of carbonyl (C=O) groups excluding carboxylic acids is 1. The van der Waals surface area contributed by atoms with Gasteiger partial charge in [0.25, 0.3) is 0 Å². The van der Waals surface area contributed by atoms with Crippen LogP contribution in [0.4, 0.5) is 10.6 Å². The summed E-state index contributed by atoms with van der Waals surface area (Å²) >= 11 is 0. The number of aliphatic carboxylic acids is 1. The maximum absolute atomic E-state index is 11.9. The number of nitrogens with zero attached hydrogens (tertiary/aromatic N) is 3. The number of carboxylic acids is 1. The van der Waals surface area contributed by atoms with Crippen molar-refractivity contribution in [1.29, 1.82) is 0 Å². The first-order chi connectivity index (χ1) is 8.40. The maximum atomic E-state index is 11.9. The molecule has 1 aromatic heterocycles. The lowest BCUT2D eigenvalue weighted by atomic mass is 10.3. The largest absolute Gasteiger partial charge is 0.481 e. The van der Waals surface area contributed by atoms with Crippen molar-refractivity contribution >= 4 is 17.8 Å². The Labute approximate surface area is 105 Å². The van der Waals surface area contributed by atoms with Crippen molar-refractivity contribution in [3.05, 3.63) is 12.3 Å². The topological polar surface area (TPSA) is 87.5 Å². The Morgan fingerprint density at radius 1 is 1.56 bits per heavy atom. The van der Waals surface area contributed by atoms with Crippen LogP contribution in [0.25, 0.3) is 0 Å². The smallest absolute Gasteiger partial charge is 0.323 e. The van der Waals surface area contributed by atoms with Gasteiger partial charge < -0.3 is 10.0 Å². The molecule has 18 heavy (non-hydrogen) atoms. The summed E-state index contributed by atoms with van der Waals surface area (Å²) in [6, 6.07) is 1.26. The van der Waals surface area contributed by atoms with E-state index in [0.29, 0.717) is 5.82 Å². The van der Waals surface area contributed by atoms with Crippen molar-refractivity contribution in [2.75, 3.05) is 11.9 Å². The zero-order chi connectivity index (χ0) is 13.7. The SMILES string of the molecule is CC(C)N(CCC(=O)O)C(=O)Nc1ccn(C)n1. The molecular formula is C11H18N4O3. The summed E-state index contributed by atoms with van der Waals surface area (Å²) in [6.45, 7) is 3.84. The predicted octanol–water partition coefficient (Wildman–Crippen LogP) is 1.14. The van der Waals surface area contributed by atoms with E-state index in [0.717, 1.165) is 0 Å². The van der Waals surface area contributed by atoms with Gasteiger partial charge in [0.15, 0.2) is 5.82 Å². The fraction of sp³-hybridized carbons (Fsp3) is 0.545. The van der Waals surface area contributed by atoms with E-state index in [9.17, 15) is 9.59 Å². The number of hydrogen-bond donors (Lipinski definition) is 2. The molecule has 0 aliphatic carbocycles. The number of hydrogen-bond acceptors (Lipinski definition) is 3. The minimum Gasteiger partial charge on any atom is -0.481 e. The van der Waals surface area contributed by atoms with E-state index in [-0.39, 0.29) is 25.0 Å². The van der Waals surface area contributed by atoms with Gasteiger partial charge in [-0.15, -0.1) is 0 Å². The van der Waals surface area contributed by atoms with Crippen LogP contribution in [0.3, 0.4) is 0 Å². The Balaban J connectivity index is 2.62. The molecule has 0 unspecified atom stereocenters. The standard InChI is InChI=1S/C11H18N4O3/c1-8(2)15(7-5-10(16)17)11(18)12-9-4-6-14(3)13-9/h4,6,8H,5,7H2,1-3H3,(H,16,17)(H,12,13,18). The minimum atomic E-state index is -0.925.